The summed E-state index contributed by atoms with van der Waals surface area (Å²) in [6.07, 6.45) is 1.23. The third-order valence-electron chi connectivity index (χ3n) is 5.24. The van der Waals surface area contributed by atoms with Gasteiger partial charge in [0.25, 0.3) is 0 Å². The molecule has 3 amide bonds. The van der Waals surface area contributed by atoms with Crippen molar-refractivity contribution in [2.75, 3.05) is 38.2 Å². The van der Waals surface area contributed by atoms with Gasteiger partial charge in [-0.25, -0.2) is 4.79 Å². The number of nitrogens with zero attached hydrogens (tertiary/aromatic N) is 4. The second kappa shape index (κ2) is 8.60. The number of aryl methyl sites for hydroxylation is 1. The lowest BCUT2D eigenvalue weighted by molar-refractivity contribution is -0.130. The van der Waals surface area contributed by atoms with Gasteiger partial charge in [-0.05, 0) is 18.6 Å². The molecule has 4 rings (SSSR count). The van der Waals surface area contributed by atoms with Crippen molar-refractivity contribution < 1.29 is 23.6 Å². The fraction of sp³-hybridized carbons (Fsp3) is 0.500. The van der Waals surface area contributed by atoms with Crippen LogP contribution in [0, 0.1) is 6.92 Å². The number of ether oxygens (including phenoxy) is 2. The smallest absolute Gasteiger partial charge is 0.321 e. The van der Waals surface area contributed by atoms with E-state index in [-0.39, 0.29) is 18.0 Å². The number of fused-ring (bicyclic) bond motifs is 1. The van der Waals surface area contributed by atoms with E-state index < -0.39 is 0 Å². The average molecular weight is 415 g/mol. The first-order valence-electron chi connectivity index (χ1n) is 10.0. The molecule has 10 heteroatoms. The summed E-state index contributed by atoms with van der Waals surface area (Å²) < 4.78 is 16.0. The monoisotopic (exact) mass is 415 g/mol. The Morgan fingerprint density at radius 3 is 2.80 bits per heavy atom. The molecule has 1 N–H and O–H groups in total. The van der Waals surface area contributed by atoms with Crippen LogP contribution in [0.4, 0.5) is 10.5 Å². The van der Waals surface area contributed by atoms with Crippen molar-refractivity contribution in [1.29, 1.82) is 0 Å². The number of hydrogen-bond donors (Lipinski definition) is 1. The summed E-state index contributed by atoms with van der Waals surface area (Å²) in [5, 5.41) is 6.78. The molecule has 1 atom stereocenters. The Kier molecular flexibility index (Phi) is 5.73. The van der Waals surface area contributed by atoms with Crippen molar-refractivity contribution in [3.05, 3.63) is 29.9 Å². The van der Waals surface area contributed by atoms with Gasteiger partial charge >= 0.3 is 6.03 Å². The van der Waals surface area contributed by atoms with Crippen molar-refractivity contribution in [3.63, 3.8) is 0 Å². The third kappa shape index (κ3) is 4.47. The largest absolute Gasteiger partial charge is 0.486 e. The van der Waals surface area contributed by atoms with Gasteiger partial charge < -0.3 is 29.1 Å². The Morgan fingerprint density at radius 2 is 2.07 bits per heavy atom. The molecule has 1 aromatic carbocycles. The maximum atomic E-state index is 12.7. The SMILES string of the molecule is CC(=O)N(CCc1noc(C)n1)C1CCN(C(=O)Nc2ccc3c(c2)OCCO3)C1. The molecule has 0 spiro atoms. The van der Waals surface area contributed by atoms with Crippen molar-refractivity contribution >= 4 is 17.6 Å². The number of rotatable bonds is 5. The van der Waals surface area contributed by atoms with Gasteiger partial charge in [0, 0.05) is 51.7 Å². The van der Waals surface area contributed by atoms with Crippen LogP contribution in [0.25, 0.3) is 0 Å². The molecule has 2 aliphatic heterocycles. The van der Waals surface area contributed by atoms with Crippen molar-refractivity contribution in [1.82, 2.24) is 19.9 Å². The summed E-state index contributed by atoms with van der Waals surface area (Å²) in [6, 6.07) is 5.09. The van der Waals surface area contributed by atoms with Crippen LogP contribution in [0.5, 0.6) is 11.5 Å². The summed E-state index contributed by atoms with van der Waals surface area (Å²) in [6.45, 7) is 5.81. The number of amides is 3. The molecule has 0 aliphatic carbocycles. The minimum absolute atomic E-state index is 0.0330. The standard InChI is InChI=1S/C20H25N5O5/c1-13-21-19(23-30-13)6-8-25(14(2)26)16-5-7-24(12-16)20(27)22-15-3-4-17-18(11-15)29-10-9-28-17/h3-4,11,16H,5-10,12H2,1-2H3,(H,22,27). The van der Waals surface area contributed by atoms with Gasteiger partial charge in [-0.3, -0.25) is 4.79 Å². The molecule has 30 heavy (non-hydrogen) atoms. The topological polar surface area (TPSA) is 110 Å². The Labute approximate surface area is 174 Å². The Hall–Kier alpha value is -3.30. The predicted molar refractivity (Wildman–Crippen MR) is 107 cm³/mol. The first-order valence-corrected chi connectivity index (χ1v) is 10.0. The first kappa shape index (κ1) is 20.0. The molecule has 0 saturated carbocycles. The summed E-state index contributed by atoms with van der Waals surface area (Å²) in [4.78, 5) is 32.6. The number of nitrogens with one attached hydrogen (secondary N) is 1. The maximum absolute atomic E-state index is 12.7. The van der Waals surface area contributed by atoms with Crippen LogP contribution in [0.3, 0.4) is 0 Å². The van der Waals surface area contributed by atoms with Crippen LogP contribution in [0.15, 0.2) is 22.7 Å². The highest BCUT2D eigenvalue weighted by Crippen LogP contribution is 2.32. The van der Waals surface area contributed by atoms with E-state index in [4.69, 9.17) is 14.0 Å². The van der Waals surface area contributed by atoms with Crippen LogP contribution in [-0.2, 0) is 11.2 Å². The van der Waals surface area contributed by atoms with Gasteiger partial charge in [0.2, 0.25) is 11.8 Å². The zero-order valence-electron chi connectivity index (χ0n) is 17.1. The summed E-state index contributed by atoms with van der Waals surface area (Å²) in [5.41, 5.74) is 0.642. The third-order valence-corrected chi connectivity index (χ3v) is 5.24. The molecule has 2 aliphatic rings. The average Bonchev–Trinajstić information content (AvgIpc) is 3.37. The van der Waals surface area contributed by atoms with Crippen molar-refractivity contribution in [2.45, 2.75) is 32.7 Å². The highest BCUT2D eigenvalue weighted by molar-refractivity contribution is 5.90. The lowest BCUT2D eigenvalue weighted by Crippen LogP contribution is -2.43. The molecule has 0 radical (unpaired) electrons. The lowest BCUT2D eigenvalue weighted by atomic mass is 10.2. The highest BCUT2D eigenvalue weighted by atomic mass is 16.6. The number of likely N-dealkylation sites (tertiary alicyclic amines) is 1. The van der Waals surface area contributed by atoms with E-state index in [1.807, 2.05) is 0 Å². The number of benzene rings is 1. The van der Waals surface area contributed by atoms with Crippen molar-refractivity contribution in [2.24, 2.45) is 0 Å². The number of carbonyl (C=O) groups excluding carboxylic acids is 2. The molecule has 1 unspecified atom stereocenters. The Bertz CT molecular complexity index is 930. The van der Waals surface area contributed by atoms with Gasteiger partial charge in [0.15, 0.2) is 17.3 Å². The minimum Gasteiger partial charge on any atom is -0.486 e. The normalized spacial score (nSPS) is 17.7. The highest BCUT2D eigenvalue weighted by Gasteiger charge is 2.32. The second-order valence-electron chi connectivity index (χ2n) is 7.37. The number of anilines is 1. The van der Waals surface area contributed by atoms with Gasteiger partial charge in [-0.1, -0.05) is 5.16 Å². The molecule has 1 saturated heterocycles. The predicted octanol–water partition coefficient (Wildman–Crippen LogP) is 1.85. The molecule has 2 aromatic rings. The van der Waals surface area contributed by atoms with Crippen LogP contribution in [0.2, 0.25) is 0 Å². The molecule has 0 bridgehead atoms. The number of urea groups is 1. The van der Waals surface area contributed by atoms with E-state index in [9.17, 15) is 9.59 Å². The van der Waals surface area contributed by atoms with E-state index >= 15 is 0 Å². The van der Waals surface area contributed by atoms with Gasteiger partial charge in [0.1, 0.15) is 13.2 Å². The van der Waals surface area contributed by atoms with E-state index in [0.29, 0.717) is 68.2 Å². The van der Waals surface area contributed by atoms with E-state index in [1.54, 1.807) is 41.8 Å². The molecule has 3 heterocycles. The molecule has 1 aromatic heterocycles. The second-order valence-corrected chi connectivity index (χ2v) is 7.37. The van der Waals surface area contributed by atoms with Crippen molar-refractivity contribution in [3.8, 4) is 11.5 Å². The fourth-order valence-corrected chi connectivity index (χ4v) is 3.76. The van der Waals surface area contributed by atoms with Crippen LogP contribution in [-0.4, -0.2) is 70.8 Å². The summed E-state index contributed by atoms with van der Waals surface area (Å²) in [7, 11) is 0. The molecular weight excluding hydrogens is 390 g/mol. The Balaban J connectivity index is 1.34. The van der Waals surface area contributed by atoms with Gasteiger partial charge in [0.05, 0.1) is 6.04 Å². The molecule has 10 nitrogen and oxygen atoms in total. The molecule has 1 fully saturated rings. The van der Waals surface area contributed by atoms with Crippen LogP contribution in [0.1, 0.15) is 25.1 Å². The van der Waals surface area contributed by atoms with E-state index in [1.165, 1.54) is 0 Å². The van der Waals surface area contributed by atoms with Crippen LogP contribution < -0.4 is 14.8 Å². The van der Waals surface area contributed by atoms with Gasteiger partial charge in [-0.2, -0.15) is 4.98 Å². The summed E-state index contributed by atoms with van der Waals surface area (Å²) >= 11 is 0. The maximum Gasteiger partial charge on any atom is 0.321 e. The quantitative estimate of drug-likeness (QED) is 0.793. The molecule has 160 valence electrons. The minimum atomic E-state index is -0.202. The molecular formula is C20H25N5O5. The van der Waals surface area contributed by atoms with E-state index in [2.05, 4.69) is 15.5 Å². The number of hydrogen-bond acceptors (Lipinski definition) is 7. The van der Waals surface area contributed by atoms with Crippen LogP contribution >= 0.6 is 0 Å². The Morgan fingerprint density at radius 1 is 1.27 bits per heavy atom. The fourth-order valence-electron chi connectivity index (χ4n) is 3.76. The van der Waals surface area contributed by atoms with Gasteiger partial charge in [-0.15, -0.1) is 0 Å². The first-order chi connectivity index (χ1) is 14.5. The van der Waals surface area contributed by atoms with E-state index in [0.717, 1.165) is 6.42 Å². The number of aromatic nitrogens is 2. The lowest BCUT2D eigenvalue weighted by Gasteiger charge is -2.27. The zero-order chi connectivity index (χ0) is 21.1. The zero-order valence-corrected chi connectivity index (χ0v) is 17.1. The number of carbonyl (C=O) groups is 2. The summed E-state index contributed by atoms with van der Waals surface area (Å²) in [5.74, 6) is 2.34.